The van der Waals surface area contributed by atoms with E-state index in [0.29, 0.717) is 58.3 Å². The van der Waals surface area contributed by atoms with Gasteiger partial charge in [-0.25, -0.2) is 18.7 Å². The fourth-order valence-corrected chi connectivity index (χ4v) is 3.33. The Morgan fingerprint density at radius 3 is 2.71 bits per heavy atom. The van der Waals surface area contributed by atoms with Crippen LogP contribution >= 0.6 is 0 Å². The monoisotopic (exact) mass is 463 g/mol. The lowest BCUT2D eigenvalue weighted by Crippen LogP contribution is -2.09. The molecule has 2 N–H and O–H groups in total. The summed E-state index contributed by atoms with van der Waals surface area (Å²) in [6.07, 6.45) is 3.02. The Balaban J connectivity index is 1.69. The molecular weight excluding hydrogens is 440 g/mol. The molecular formula is C25H23F2N5O2. The topological polar surface area (TPSA) is 81.2 Å². The third-order valence-electron chi connectivity index (χ3n) is 4.92. The van der Waals surface area contributed by atoms with E-state index in [0.717, 1.165) is 0 Å². The molecule has 0 saturated heterocycles. The molecule has 0 unspecified atom stereocenters. The van der Waals surface area contributed by atoms with Crippen molar-refractivity contribution in [2.75, 3.05) is 37.5 Å². The van der Waals surface area contributed by atoms with Gasteiger partial charge in [0.15, 0.2) is 0 Å². The Kier molecular flexibility index (Phi) is 7.24. The standard InChI is InChI=1S/C25H23F2N5O2/c1-16(26)14-29-23-12-19-22(13-24(23)34-10-9-33-2)30-15-31-25(19)32-17-7-8-28-21(11-17)18-5-3-4-6-20(18)27/h3-8,11-13,15,29H,1,9-10,14H2,2H3,(H,28,30,31,32). The van der Waals surface area contributed by atoms with E-state index in [4.69, 9.17) is 9.47 Å². The molecule has 2 heterocycles. The zero-order valence-electron chi connectivity index (χ0n) is 18.5. The van der Waals surface area contributed by atoms with Gasteiger partial charge in [-0.2, -0.15) is 0 Å². The zero-order chi connectivity index (χ0) is 23.9. The van der Waals surface area contributed by atoms with Crippen LogP contribution in [-0.2, 0) is 4.74 Å². The Labute approximate surface area is 195 Å². The summed E-state index contributed by atoms with van der Waals surface area (Å²) in [6, 6.07) is 13.5. The normalized spacial score (nSPS) is 10.8. The number of rotatable bonds is 10. The Bertz CT molecular complexity index is 1320. The van der Waals surface area contributed by atoms with Gasteiger partial charge in [-0.05, 0) is 30.3 Å². The minimum Gasteiger partial charge on any atom is -0.489 e. The number of fused-ring (bicyclic) bond motifs is 1. The molecule has 0 aliphatic heterocycles. The first-order valence-electron chi connectivity index (χ1n) is 10.5. The highest BCUT2D eigenvalue weighted by Crippen LogP contribution is 2.34. The molecule has 0 aliphatic rings. The minimum absolute atomic E-state index is 0.0705. The number of pyridine rings is 1. The maximum Gasteiger partial charge on any atom is 0.144 e. The van der Waals surface area contributed by atoms with Gasteiger partial charge < -0.3 is 20.1 Å². The lowest BCUT2D eigenvalue weighted by atomic mass is 10.1. The van der Waals surface area contributed by atoms with E-state index in [1.54, 1.807) is 55.8 Å². The van der Waals surface area contributed by atoms with Crippen molar-refractivity contribution in [2.45, 2.75) is 0 Å². The van der Waals surface area contributed by atoms with Crippen LogP contribution in [0, 0.1) is 5.82 Å². The molecule has 2 aromatic heterocycles. The fourth-order valence-electron chi connectivity index (χ4n) is 3.33. The summed E-state index contributed by atoms with van der Waals surface area (Å²) < 4.78 is 38.4. The quantitative estimate of drug-likeness (QED) is 0.301. The summed E-state index contributed by atoms with van der Waals surface area (Å²) >= 11 is 0. The predicted octanol–water partition coefficient (Wildman–Crippen LogP) is 5.49. The van der Waals surface area contributed by atoms with Crippen molar-refractivity contribution in [3.05, 3.63) is 79.3 Å². The van der Waals surface area contributed by atoms with Crippen LogP contribution in [-0.4, -0.2) is 41.8 Å². The van der Waals surface area contributed by atoms with E-state index >= 15 is 0 Å². The number of benzene rings is 2. The van der Waals surface area contributed by atoms with E-state index in [1.165, 1.54) is 12.4 Å². The van der Waals surface area contributed by atoms with Crippen LogP contribution < -0.4 is 15.4 Å². The number of ether oxygens (including phenoxy) is 2. The maximum atomic E-state index is 14.2. The molecule has 4 aromatic rings. The highest BCUT2D eigenvalue weighted by atomic mass is 19.1. The van der Waals surface area contributed by atoms with Crippen LogP contribution in [0.2, 0.25) is 0 Å². The number of anilines is 3. The highest BCUT2D eigenvalue weighted by molar-refractivity contribution is 5.95. The largest absolute Gasteiger partial charge is 0.489 e. The first-order valence-corrected chi connectivity index (χ1v) is 10.5. The number of hydrogen-bond acceptors (Lipinski definition) is 7. The third-order valence-corrected chi connectivity index (χ3v) is 4.92. The molecule has 0 spiro atoms. The van der Waals surface area contributed by atoms with Crippen molar-refractivity contribution in [1.29, 1.82) is 0 Å². The number of aromatic nitrogens is 3. The van der Waals surface area contributed by atoms with Crippen molar-refractivity contribution in [3.8, 4) is 17.0 Å². The van der Waals surface area contributed by atoms with E-state index in [2.05, 4.69) is 32.2 Å². The minimum atomic E-state index is -0.511. The number of nitrogens with zero attached hydrogens (tertiary/aromatic N) is 3. The molecule has 0 fully saturated rings. The summed E-state index contributed by atoms with van der Waals surface area (Å²) in [7, 11) is 1.58. The SMILES string of the molecule is C=C(F)CNc1cc2c(Nc3ccnc(-c4ccccc4F)c3)ncnc2cc1OCCOC. The van der Waals surface area contributed by atoms with E-state index in [-0.39, 0.29) is 12.4 Å². The summed E-state index contributed by atoms with van der Waals surface area (Å²) in [4.78, 5) is 13.0. The Morgan fingerprint density at radius 2 is 1.91 bits per heavy atom. The van der Waals surface area contributed by atoms with Gasteiger partial charge in [-0.1, -0.05) is 18.7 Å². The fraction of sp³-hybridized carbons (Fsp3) is 0.160. The predicted molar refractivity (Wildman–Crippen MR) is 129 cm³/mol. The van der Waals surface area contributed by atoms with Gasteiger partial charge in [-0.3, -0.25) is 4.98 Å². The average Bonchev–Trinajstić information content (AvgIpc) is 2.83. The molecule has 0 atom stereocenters. The Hall–Kier alpha value is -4.11. The molecule has 4 rings (SSSR count). The van der Waals surface area contributed by atoms with Gasteiger partial charge in [0.1, 0.15) is 36.1 Å². The van der Waals surface area contributed by atoms with Crippen LogP contribution in [0.15, 0.2) is 73.5 Å². The van der Waals surface area contributed by atoms with Crippen molar-refractivity contribution in [3.63, 3.8) is 0 Å². The van der Waals surface area contributed by atoms with E-state index < -0.39 is 5.83 Å². The molecule has 0 radical (unpaired) electrons. The number of nitrogens with one attached hydrogen (secondary N) is 2. The summed E-state index contributed by atoms with van der Waals surface area (Å²) in [5.41, 5.74) is 2.73. The molecule has 7 nitrogen and oxygen atoms in total. The lowest BCUT2D eigenvalue weighted by Gasteiger charge is -2.15. The maximum absolute atomic E-state index is 14.2. The highest BCUT2D eigenvalue weighted by Gasteiger charge is 2.13. The van der Waals surface area contributed by atoms with Crippen molar-refractivity contribution in [1.82, 2.24) is 15.0 Å². The molecule has 2 aromatic carbocycles. The van der Waals surface area contributed by atoms with Crippen LogP contribution in [0.3, 0.4) is 0 Å². The van der Waals surface area contributed by atoms with Gasteiger partial charge in [0.05, 0.1) is 30.0 Å². The number of hydrogen-bond donors (Lipinski definition) is 2. The van der Waals surface area contributed by atoms with Gasteiger partial charge in [0.25, 0.3) is 0 Å². The first kappa shape index (κ1) is 23.1. The van der Waals surface area contributed by atoms with Gasteiger partial charge in [0.2, 0.25) is 0 Å². The van der Waals surface area contributed by atoms with Crippen LogP contribution in [0.5, 0.6) is 5.75 Å². The molecule has 0 amide bonds. The average molecular weight is 463 g/mol. The van der Waals surface area contributed by atoms with Crippen molar-refractivity contribution in [2.24, 2.45) is 0 Å². The van der Waals surface area contributed by atoms with Gasteiger partial charge in [0, 0.05) is 36.0 Å². The molecule has 174 valence electrons. The smallest absolute Gasteiger partial charge is 0.144 e. The van der Waals surface area contributed by atoms with E-state index in [9.17, 15) is 8.78 Å². The van der Waals surface area contributed by atoms with Crippen LogP contribution in [0.1, 0.15) is 0 Å². The second-order valence-corrected chi connectivity index (χ2v) is 7.33. The summed E-state index contributed by atoms with van der Waals surface area (Å²) in [5, 5.41) is 6.91. The zero-order valence-corrected chi connectivity index (χ0v) is 18.5. The molecule has 9 heteroatoms. The molecule has 0 aliphatic carbocycles. The summed E-state index contributed by atoms with van der Waals surface area (Å²) in [6.45, 7) is 3.94. The summed E-state index contributed by atoms with van der Waals surface area (Å²) in [5.74, 6) is 0.149. The lowest BCUT2D eigenvalue weighted by molar-refractivity contribution is 0.147. The molecule has 0 saturated carbocycles. The second kappa shape index (κ2) is 10.7. The van der Waals surface area contributed by atoms with Crippen LogP contribution in [0.25, 0.3) is 22.2 Å². The van der Waals surface area contributed by atoms with Gasteiger partial charge in [-0.15, -0.1) is 0 Å². The molecule has 0 bridgehead atoms. The molecule has 34 heavy (non-hydrogen) atoms. The van der Waals surface area contributed by atoms with Gasteiger partial charge >= 0.3 is 0 Å². The van der Waals surface area contributed by atoms with Crippen molar-refractivity contribution >= 4 is 28.1 Å². The second-order valence-electron chi connectivity index (χ2n) is 7.33. The Morgan fingerprint density at radius 1 is 1.06 bits per heavy atom. The number of methoxy groups -OCH3 is 1. The third kappa shape index (κ3) is 5.44. The number of halogens is 2. The first-order chi connectivity index (χ1) is 16.5. The van der Waals surface area contributed by atoms with Crippen molar-refractivity contribution < 1.29 is 18.3 Å². The van der Waals surface area contributed by atoms with E-state index in [1.807, 2.05) is 0 Å². The van der Waals surface area contributed by atoms with Crippen LogP contribution in [0.4, 0.5) is 26.0 Å².